The Morgan fingerprint density at radius 1 is 1.47 bits per heavy atom. The van der Waals surface area contributed by atoms with Crippen molar-refractivity contribution in [1.82, 2.24) is 0 Å². The molecule has 0 amide bonds. The third-order valence-corrected chi connectivity index (χ3v) is 2.99. The second kappa shape index (κ2) is 5.54. The fourth-order valence-electron chi connectivity index (χ4n) is 1.26. The molecule has 0 aromatic heterocycles. The van der Waals surface area contributed by atoms with Crippen LogP contribution in [0.4, 0.5) is 0 Å². The van der Waals surface area contributed by atoms with Crippen molar-refractivity contribution in [2.24, 2.45) is 0 Å². The Hall–Kier alpha value is 0.340. The average molecular weight is 292 g/mol. The summed E-state index contributed by atoms with van der Waals surface area (Å²) < 4.78 is 24.2. The molecule has 5 atom stereocenters. The number of aliphatic hydroxyl groups is 3. The van der Waals surface area contributed by atoms with E-state index in [2.05, 4.69) is 4.52 Å². The van der Waals surface area contributed by atoms with Gasteiger partial charge in [-0.1, -0.05) is 0 Å². The van der Waals surface area contributed by atoms with Gasteiger partial charge >= 0.3 is 7.82 Å². The minimum absolute atomic E-state index is 0.0670. The molecule has 3 unspecified atom stereocenters. The molecule has 1 fully saturated rings. The van der Waals surface area contributed by atoms with Gasteiger partial charge in [0.25, 0.3) is 0 Å². The number of phosphoric ester groups is 1. The van der Waals surface area contributed by atoms with Crippen molar-refractivity contribution in [2.75, 3.05) is 13.3 Å². The van der Waals surface area contributed by atoms with E-state index in [0.717, 1.165) is 0 Å². The van der Waals surface area contributed by atoms with Crippen LogP contribution in [0.5, 0.6) is 0 Å². The first-order chi connectivity index (χ1) is 7.69. The Morgan fingerprint density at radius 2 is 2.06 bits per heavy atom. The normalized spacial score (nSPS) is 39.3. The van der Waals surface area contributed by atoms with Crippen LogP contribution in [0.2, 0.25) is 0 Å². The van der Waals surface area contributed by atoms with Crippen molar-refractivity contribution >= 4 is 16.6 Å². The second-order valence-electron chi connectivity index (χ2n) is 3.35. The van der Waals surface area contributed by atoms with E-state index in [9.17, 15) is 19.9 Å². The second-order valence-corrected chi connectivity index (χ2v) is 5.24. The number of phosphoric acid groups is 1. The lowest BCUT2D eigenvalue weighted by Crippen LogP contribution is -2.46. The predicted molar refractivity (Wildman–Crippen MR) is 55.2 cm³/mol. The summed E-state index contributed by atoms with van der Waals surface area (Å²) in [6.45, 7) is 0.633. The Bertz CT molecular complexity index is 306. The Balaban J connectivity index is 2.66. The molecule has 1 aliphatic rings. The first kappa shape index (κ1) is 15.4. The molecule has 0 aromatic rings. The molecule has 9 nitrogen and oxygen atoms in total. The number of hydrogen-bond donors (Lipinski definition) is 5. The van der Waals surface area contributed by atoms with E-state index >= 15 is 0 Å². The summed E-state index contributed by atoms with van der Waals surface area (Å²) in [6.07, 6.45) is -4.61. The standard InChI is InChI=1S/C6H14O9P2/c1-16-15-5-3(7)4(8)6(9,14-5)2-13-17(10,11)12/h3-5,7-9,16H,2H2,1H3,(H2,10,11,12)/t3?,4?,5-,6+/m1/s1. The highest BCUT2D eigenvalue weighted by atomic mass is 31.2. The average Bonchev–Trinajstić information content (AvgIpc) is 2.42. The quantitative estimate of drug-likeness (QED) is 0.367. The van der Waals surface area contributed by atoms with Gasteiger partial charge in [0, 0.05) is 8.81 Å². The molecule has 102 valence electrons. The smallest absolute Gasteiger partial charge is 0.385 e. The van der Waals surface area contributed by atoms with Gasteiger partial charge in [-0.05, 0) is 6.66 Å². The van der Waals surface area contributed by atoms with Gasteiger partial charge in [-0.2, -0.15) is 0 Å². The van der Waals surface area contributed by atoms with Gasteiger partial charge in [-0.25, -0.2) is 4.57 Å². The molecule has 17 heavy (non-hydrogen) atoms. The molecule has 0 aliphatic carbocycles. The fourth-order valence-corrected chi connectivity index (χ4v) is 2.04. The van der Waals surface area contributed by atoms with Gasteiger partial charge in [-0.3, -0.25) is 4.52 Å². The zero-order chi connectivity index (χ0) is 13.3. The summed E-state index contributed by atoms with van der Waals surface area (Å²) in [6, 6.07) is 0. The summed E-state index contributed by atoms with van der Waals surface area (Å²) in [7, 11) is -4.88. The van der Waals surface area contributed by atoms with Crippen LogP contribution >= 0.6 is 16.6 Å². The van der Waals surface area contributed by atoms with E-state index in [0.29, 0.717) is 0 Å². The maximum absolute atomic E-state index is 10.5. The van der Waals surface area contributed by atoms with Crippen LogP contribution in [-0.4, -0.2) is 62.7 Å². The summed E-state index contributed by atoms with van der Waals surface area (Å²) in [5.74, 6) is -2.43. The topological polar surface area (TPSA) is 146 Å². The molecule has 0 bridgehead atoms. The van der Waals surface area contributed by atoms with Crippen LogP contribution in [-0.2, 0) is 18.3 Å². The third kappa shape index (κ3) is 3.90. The highest BCUT2D eigenvalue weighted by molar-refractivity contribution is 7.46. The van der Waals surface area contributed by atoms with Crippen LogP contribution in [0.1, 0.15) is 0 Å². The summed E-state index contributed by atoms with van der Waals surface area (Å²) in [5.41, 5.74) is 0. The minimum Gasteiger partial charge on any atom is -0.385 e. The number of rotatable bonds is 5. The van der Waals surface area contributed by atoms with Crippen molar-refractivity contribution < 1.29 is 43.5 Å². The van der Waals surface area contributed by atoms with Crippen LogP contribution in [0, 0.1) is 0 Å². The lowest BCUT2D eigenvalue weighted by atomic mass is 10.1. The monoisotopic (exact) mass is 292 g/mol. The van der Waals surface area contributed by atoms with Crippen molar-refractivity contribution in [1.29, 1.82) is 0 Å². The fraction of sp³-hybridized carbons (Fsp3) is 1.00. The van der Waals surface area contributed by atoms with E-state index in [-0.39, 0.29) is 8.81 Å². The highest BCUT2D eigenvalue weighted by Gasteiger charge is 2.55. The van der Waals surface area contributed by atoms with E-state index < -0.39 is 38.7 Å². The highest BCUT2D eigenvalue weighted by Crippen LogP contribution is 2.40. The Kier molecular flexibility index (Phi) is 5.02. The first-order valence-corrected chi connectivity index (χ1v) is 7.42. The Morgan fingerprint density at radius 3 is 2.53 bits per heavy atom. The van der Waals surface area contributed by atoms with E-state index in [1.807, 2.05) is 0 Å². The van der Waals surface area contributed by atoms with Gasteiger partial charge in [0.2, 0.25) is 5.79 Å². The summed E-state index contributed by atoms with van der Waals surface area (Å²) >= 11 is 0. The molecular formula is C6H14O9P2. The SMILES string of the molecule is CPO[C@H]1O[C@@](O)(COP(=O)(O)O)C(O)C1O. The van der Waals surface area contributed by atoms with E-state index in [1.165, 1.54) is 0 Å². The van der Waals surface area contributed by atoms with Crippen LogP contribution in [0.25, 0.3) is 0 Å². The summed E-state index contributed by atoms with van der Waals surface area (Å²) in [5, 5.41) is 28.6. The molecule has 0 aromatic carbocycles. The van der Waals surface area contributed by atoms with Crippen LogP contribution in [0.15, 0.2) is 0 Å². The molecule has 0 saturated carbocycles. The Labute approximate surface area is 98.4 Å². The first-order valence-electron chi connectivity index (χ1n) is 4.48. The van der Waals surface area contributed by atoms with Gasteiger partial charge < -0.3 is 34.4 Å². The largest absolute Gasteiger partial charge is 0.469 e. The molecule has 1 heterocycles. The maximum atomic E-state index is 10.5. The van der Waals surface area contributed by atoms with Gasteiger partial charge in [-0.15, -0.1) is 0 Å². The molecule has 0 radical (unpaired) electrons. The number of aliphatic hydroxyl groups excluding tert-OH is 2. The van der Waals surface area contributed by atoms with Crippen molar-refractivity contribution in [3.05, 3.63) is 0 Å². The van der Waals surface area contributed by atoms with Crippen molar-refractivity contribution in [2.45, 2.75) is 24.3 Å². The lowest BCUT2D eigenvalue weighted by Gasteiger charge is -2.25. The van der Waals surface area contributed by atoms with Crippen molar-refractivity contribution in [3.8, 4) is 0 Å². The lowest BCUT2D eigenvalue weighted by molar-refractivity contribution is -0.263. The molecular weight excluding hydrogens is 278 g/mol. The molecule has 1 rings (SSSR count). The summed E-state index contributed by atoms with van der Waals surface area (Å²) in [4.78, 5) is 16.9. The predicted octanol–water partition coefficient (Wildman–Crippen LogP) is -1.90. The number of hydrogen-bond acceptors (Lipinski definition) is 7. The van der Waals surface area contributed by atoms with Gasteiger partial charge in [0.1, 0.15) is 18.8 Å². The maximum Gasteiger partial charge on any atom is 0.469 e. The minimum atomic E-state index is -4.81. The zero-order valence-corrected chi connectivity index (χ0v) is 10.6. The molecule has 1 saturated heterocycles. The van der Waals surface area contributed by atoms with Crippen molar-refractivity contribution in [3.63, 3.8) is 0 Å². The van der Waals surface area contributed by atoms with E-state index in [4.69, 9.17) is 19.0 Å². The van der Waals surface area contributed by atoms with Crippen LogP contribution < -0.4 is 0 Å². The molecule has 5 N–H and O–H groups in total. The molecule has 11 heteroatoms. The number of ether oxygens (including phenoxy) is 1. The van der Waals surface area contributed by atoms with Gasteiger partial charge in [0.05, 0.1) is 0 Å². The third-order valence-electron chi connectivity index (χ3n) is 2.06. The van der Waals surface area contributed by atoms with E-state index in [1.54, 1.807) is 6.66 Å². The van der Waals surface area contributed by atoms with Gasteiger partial charge in [0.15, 0.2) is 6.29 Å². The zero-order valence-electron chi connectivity index (χ0n) is 8.76. The molecule has 1 aliphatic heterocycles. The molecule has 0 spiro atoms. The van der Waals surface area contributed by atoms with Crippen LogP contribution in [0.3, 0.4) is 0 Å².